The Kier molecular flexibility index (Phi) is 7.15. The fourth-order valence-electron chi connectivity index (χ4n) is 2.86. The van der Waals surface area contributed by atoms with Crippen LogP contribution < -0.4 is 20.5 Å². The van der Waals surface area contributed by atoms with Gasteiger partial charge in [-0.15, -0.1) is 0 Å². The first-order valence-corrected chi connectivity index (χ1v) is 9.80. The third-order valence-electron chi connectivity index (χ3n) is 4.25. The maximum absolute atomic E-state index is 12.1. The van der Waals surface area contributed by atoms with Crippen molar-refractivity contribution in [2.24, 2.45) is 5.10 Å². The van der Waals surface area contributed by atoms with Gasteiger partial charge in [0.2, 0.25) is 5.91 Å². The second-order valence-corrected chi connectivity index (χ2v) is 6.39. The van der Waals surface area contributed by atoms with Crippen LogP contribution in [0.25, 0.3) is 11.0 Å². The number of aromatic nitrogens is 2. The molecule has 1 aromatic heterocycles. The standard InChI is InChI=1S/C22H24N4O4/c1-3-29-16-10-9-15(20(13-16)30-4-2)14-23-26-21(27)12-11-19-22(28)25-18-8-6-5-7-17(18)24-19/h5-10,13-14H,3-4,11-12H2,1-2H3,(H,25,28)(H,26,27)/b23-14-. The summed E-state index contributed by atoms with van der Waals surface area (Å²) in [6.45, 7) is 4.85. The minimum absolute atomic E-state index is 0.0906. The monoisotopic (exact) mass is 408 g/mol. The van der Waals surface area contributed by atoms with Gasteiger partial charge in [0.05, 0.1) is 30.5 Å². The summed E-state index contributed by atoms with van der Waals surface area (Å²) < 4.78 is 11.1. The number of aryl methyl sites for hydroxylation is 1. The number of carbonyl (C=O) groups excluding carboxylic acids is 1. The zero-order valence-corrected chi connectivity index (χ0v) is 17.0. The van der Waals surface area contributed by atoms with Gasteiger partial charge in [-0.2, -0.15) is 5.10 Å². The molecule has 0 bridgehead atoms. The molecule has 0 radical (unpaired) electrons. The number of hydrogen-bond acceptors (Lipinski definition) is 6. The van der Waals surface area contributed by atoms with Gasteiger partial charge >= 0.3 is 0 Å². The Morgan fingerprint density at radius 1 is 1.17 bits per heavy atom. The van der Waals surface area contributed by atoms with E-state index in [1.165, 1.54) is 6.21 Å². The molecule has 8 nitrogen and oxygen atoms in total. The molecule has 0 saturated heterocycles. The molecule has 30 heavy (non-hydrogen) atoms. The molecule has 0 saturated carbocycles. The molecule has 3 rings (SSSR count). The molecule has 0 unspecified atom stereocenters. The van der Waals surface area contributed by atoms with Crippen LogP contribution in [0.5, 0.6) is 11.5 Å². The first-order chi connectivity index (χ1) is 14.6. The number of nitrogens with one attached hydrogen (secondary N) is 2. The first-order valence-electron chi connectivity index (χ1n) is 9.80. The lowest BCUT2D eigenvalue weighted by atomic mass is 10.2. The van der Waals surface area contributed by atoms with Crippen molar-refractivity contribution in [2.75, 3.05) is 13.2 Å². The molecule has 1 heterocycles. The lowest BCUT2D eigenvalue weighted by Crippen LogP contribution is -2.21. The minimum atomic E-state index is -0.315. The molecule has 2 N–H and O–H groups in total. The highest BCUT2D eigenvalue weighted by Gasteiger charge is 2.08. The summed E-state index contributed by atoms with van der Waals surface area (Å²) in [5.74, 6) is 1.01. The van der Waals surface area contributed by atoms with E-state index < -0.39 is 0 Å². The van der Waals surface area contributed by atoms with Crippen molar-refractivity contribution >= 4 is 23.2 Å². The van der Waals surface area contributed by atoms with Crippen LogP contribution in [0.3, 0.4) is 0 Å². The van der Waals surface area contributed by atoms with E-state index in [1.54, 1.807) is 12.1 Å². The summed E-state index contributed by atoms with van der Waals surface area (Å²) in [6.07, 6.45) is 1.82. The number of nitrogens with zero attached hydrogens (tertiary/aromatic N) is 2. The summed E-state index contributed by atoms with van der Waals surface area (Å²) in [6, 6.07) is 12.7. The Morgan fingerprint density at radius 2 is 1.97 bits per heavy atom. The lowest BCUT2D eigenvalue weighted by Gasteiger charge is -2.10. The van der Waals surface area contributed by atoms with Crippen molar-refractivity contribution in [1.29, 1.82) is 0 Å². The average Bonchev–Trinajstić information content (AvgIpc) is 2.74. The van der Waals surface area contributed by atoms with Crippen molar-refractivity contribution in [2.45, 2.75) is 26.7 Å². The summed E-state index contributed by atoms with van der Waals surface area (Å²) in [5, 5.41) is 3.99. The average molecular weight is 408 g/mol. The van der Waals surface area contributed by atoms with Crippen LogP contribution in [0.1, 0.15) is 31.5 Å². The van der Waals surface area contributed by atoms with Crippen LogP contribution in [-0.2, 0) is 11.2 Å². The third-order valence-corrected chi connectivity index (χ3v) is 4.25. The first kappa shape index (κ1) is 21.0. The lowest BCUT2D eigenvalue weighted by molar-refractivity contribution is -0.121. The van der Waals surface area contributed by atoms with Crippen LogP contribution in [-0.4, -0.2) is 35.3 Å². The van der Waals surface area contributed by atoms with E-state index in [0.717, 1.165) is 0 Å². The fraction of sp³-hybridized carbons (Fsp3) is 0.273. The highest BCUT2D eigenvalue weighted by atomic mass is 16.5. The number of H-pyrrole nitrogens is 1. The molecule has 0 spiro atoms. The van der Waals surface area contributed by atoms with Gasteiger partial charge in [0.25, 0.3) is 5.56 Å². The molecule has 0 aliphatic heterocycles. The second kappa shape index (κ2) is 10.2. The highest BCUT2D eigenvalue weighted by molar-refractivity contribution is 5.85. The molecule has 0 aliphatic rings. The molecule has 0 atom stereocenters. The van der Waals surface area contributed by atoms with Gasteiger partial charge in [-0.3, -0.25) is 9.59 Å². The number of para-hydroxylation sites is 2. The minimum Gasteiger partial charge on any atom is -0.494 e. The van der Waals surface area contributed by atoms with E-state index in [1.807, 2.05) is 44.2 Å². The number of fused-ring (bicyclic) bond motifs is 1. The molecular weight excluding hydrogens is 384 g/mol. The van der Waals surface area contributed by atoms with Crippen LogP contribution in [0.4, 0.5) is 0 Å². The number of ether oxygens (including phenoxy) is 2. The Balaban J connectivity index is 1.60. The Hall–Kier alpha value is -3.68. The quantitative estimate of drug-likeness (QED) is 0.418. The number of amides is 1. The van der Waals surface area contributed by atoms with Gasteiger partial charge in [-0.1, -0.05) is 12.1 Å². The van der Waals surface area contributed by atoms with Crippen molar-refractivity contribution in [3.8, 4) is 11.5 Å². The van der Waals surface area contributed by atoms with Crippen molar-refractivity contribution in [1.82, 2.24) is 15.4 Å². The predicted octanol–water partition coefficient (Wildman–Crippen LogP) is 2.80. The largest absolute Gasteiger partial charge is 0.494 e. The molecule has 0 aliphatic carbocycles. The van der Waals surface area contributed by atoms with E-state index in [2.05, 4.69) is 20.5 Å². The van der Waals surface area contributed by atoms with Crippen molar-refractivity contribution in [3.63, 3.8) is 0 Å². The van der Waals surface area contributed by atoms with Gasteiger partial charge < -0.3 is 14.5 Å². The zero-order valence-electron chi connectivity index (χ0n) is 17.0. The Morgan fingerprint density at radius 3 is 2.77 bits per heavy atom. The second-order valence-electron chi connectivity index (χ2n) is 6.39. The smallest absolute Gasteiger partial charge is 0.270 e. The Labute approximate surface area is 173 Å². The van der Waals surface area contributed by atoms with Crippen molar-refractivity contribution in [3.05, 3.63) is 64.1 Å². The van der Waals surface area contributed by atoms with Crippen LogP contribution in [0.2, 0.25) is 0 Å². The number of rotatable bonds is 9. The van der Waals surface area contributed by atoms with Crippen molar-refractivity contribution < 1.29 is 14.3 Å². The van der Waals surface area contributed by atoms with Gasteiger partial charge in [-0.05, 0) is 38.1 Å². The molecule has 8 heteroatoms. The van der Waals surface area contributed by atoms with E-state index >= 15 is 0 Å². The molecule has 0 fully saturated rings. The maximum Gasteiger partial charge on any atom is 0.270 e. The van der Waals surface area contributed by atoms with Gasteiger partial charge in [-0.25, -0.2) is 10.4 Å². The normalized spacial score (nSPS) is 11.0. The predicted molar refractivity (Wildman–Crippen MR) is 115 cm³/mol. The SMILES string of the molecule is CCOc1ccc(/C=N\NC(=O)CCc2nc3ccccc3[nH]c2=O)c(OCC)c1. The van der Waals surface area contributed by atoms with Crippen LogP contribution >= 0.6 is 0 Å². The number of benzene rings is 2. The third kappa shape index (κ3) is 5.44. The number of carbonyl (C=O) groups is 1. The molecular formula is C22H24N4O4. The summed E-state index contributed by atoms with van der Waals surface area (Å²) >= 11 is 0. The summed E-state index contributed by atoms with van der Waals surface area (Å²) in [5.41, 5.74) is 4.57. The topological polar surface area (TPSA) is 106 Å². The van der Waals surface area contributed by atoms with E-state index in [4.69, 9.17) is 9.47 Å². The highest BCUT2D eigenvalue weighted by Crippen LogP contribution is 2.23. The number of aromatic amines is 1. The zero-order chi connectivity index (χ0) is 21.3. The van der Waals surface area contributed by atoms with Gasteiger partial charge in [0.15, 0.2) is 0 Å². The fourth-order valence-corrected chi connectivity index (χ4v) is 2.86. The van der Waals surface area contributed by atoms with Crippen LogP contribution in [0, 0.1) is 0 Å². The van der Waals surface area contributed by atoms with E-state index in [0.29, 0.717) is 47.0 Å². The summed E-state index contributed by atoms with van der Waals surface area (Å²) in [4.78, 5) is 31.3. The van der Waals surface area contributed by atoms with E-state index in [9.17, 15) is 9.59 Å². The molecule has 1 amide bonds. The van der Waals surface area contributed by atoms with Gasteiger partial charge in [0.1, 0.15) is 17.2 Å². The van der Waals surface area contributed by atoms with Crippen LogP contribution in [0.15, 0.2) is 52.4 Å². The Bertz CT molecular complexity index is 1110. The maximum atomic E-state index is 12.1. The van der Waals surface area contributed by atoms with Gasteiger partial charge in [0, 0.05) is 24.5 Å². The molecule has 2 aromatic carbocycles. The number of hydrogen-bond donors (Lipinski definition) is 2. The molecule has 3 aromatic rings. The number of hydrazone groups is 1. The summed E-state index contributed by atoms with van der Waals surface area (Å²) in [7, 11) is 0. The van der Waals surface area contributed by atoms with E-state index in [-0.39, 0.29) is 24.3 Å². The molecule has 156 valence electrons.